The van der Waals surface area contributed by atoms with Crippen molar-refractivity contribution in [1.82, 2.24) is 4.98 Å². The van der Waals surface area contributed by atoms with Crippen molar-refractivity contribution in [2.24, 2.45) is 0 Å². The normalized spacial score (nSPS) is 11.0. The third-order valence-electron chi connectivity index (χ3n) is 1.74. The molecule has 1 rings (SSSR count). The summed E-state index contributed by atoms with van der Waals surface area (Å²) in [5.41, 5.74) is 0.319. The number of nitriles is 1. The van der Waals surface area contributed by atoms with Gasteiger partial charge < -0.3 is 9.84 Å². The van der Waals surface area contributed by atoms with Crippen molar-refractivity contribution in [3.63, 3.8) is 0 Å². The van der Waals surface area contributed by atoms with E-state index in [2.05, 4.69) is 9.72 Å². The highest BCUT2D eigenvalue weighted by Crippen LogP contribution is 2.31. The Balaban J connectivity index is 3.16. The number of pyridine rings is 1. The Kier molecular flexibility index (Phi) is 4.02. The number of aromatic hydroxyl groups is 1. The molecule has 0 unspecified atom stereocenters. The average molecular weight is 267 g/mol. The molecule has 4 nitrogen and oxygen atoms in total. The average Bonchev–Trinajstić information content (AvgIpc) is 2.21. The number of nitrogens with zero attached hydrogens (tertiary/aromatic N) is 2. The van der Waals surface area contributed by atoms with Gasteiger partial charge in [0, 0.05) is 5.88 Å². The van der Waals surface area contributed by atoms with Crippen molar-refractivity contribution < 1.29 is 23.0 Å². The highest BCUT2D eigenvalue weighted by atomic mass is 35.5. The lowest BCUT2D eigenvalue weighted by Crippen LogP contribution is -2.18. The SMILES string of the molecule is N#CCc1nc(OC(F)(F)F)c(O)cc1CCl. The molecule has 0 aliphatic carbocycles. The van der Waals surface area contributed by atoms with Gasteiger partial charge in [-0.1, -0.05) is 0 Å². The molecule has 92 valence electrons. The van der Waals surface area contributed by atoms with Gasteiger partial charge in [-0.3, -0.25) is 0 Å². The summed E-state index contributed by atoms with van der Waals surface area (Å²) in [6.07, 6.45) is -5.19. The standard InChI is InChI=1S/C9H6ClF3N2O2/c10-4-5-3-7(16)8(17-9(11,12)13)15-6(5)1-2-14/h3,16H,1,4H2. The summed E-state index contributed by atoms with van der Waals surface area (Å²) in [5.74, 6) is -1.85. The van der Waals surface area contributed by atoms with Gasteiger partial charge in [0.1, 0.15) is 0 Å². The third-order valence-corrected chi connectivity index (χ3v) is 2.03. The lowest BCUT2D eigenvalue weighted by atomic mass is 10.1. The number of aromatic nitrogens is 1. The van der Waals surface area contributed by atoms with Gasteiger partial charge in [0.15, 0.2) is 5.75 Å². The van der Waals surface area contributed by atoms with E-state index in [9.17, 15) is 18.3 Å². The molecule has 1 aromatic rings. The third kappa shape index (κ3) is 3.67. The fourth-order valence-corrected chi connectivity index (χ4v) is 1.32. The minimum atomic E-state index is -4.96. The fourth-order valence-electron chi connectivity index (χ4n) is 1.09. The molecule has 0 aromatic carbocycles. The molecule has 0 saturated carbocycles. The van der Waals surface area contributed by atoms with Gasteiger partial charge >= 0.3 is 6.36 Å². The quantitative estimate of drug-likeness (QED) is 0.854. The van der Waals surface area contributed by atoms with Gasteiger partial charge in [-0.25, -0.2) is 4.98 Å². The van der Waals surface area contributed by atoms with E-state index < -0.39 is 18.0 Å². The molecule has 8 heteroatoms. The predicted octanol–water partition coefficient (Wildman–Crippen LogP) is 2.49. The fraction of sp³-hybridized carbons (Fsp3) is 0.333. The summed E-state index contributed by atoms with van der Waals surface area (Å²) >= 11 is 5.50. The molecule has 0 aliphatic heterocycles. The Bertz CT molecular complexity index is 457. The van der Waals surface area contributed by atoms with Crippen molar-refractivity contribution in [1.29, 1.82) is 5.26 Å². The minimum Gasteiger partial charge on any atom is -0.503 e. The zero-order chi connectivity index (χ0) is 13.1. The van der Waals surface area contributed by atoms with Crippen LogP contribution < -0.4 is 4.74 Å². The monoisotopic (exact) mass is 266 g/mol. The van der Waals surface area contributed by atoms with Crippen LogP contribution in [0.15, 0.2) is 6.07 Å². The Morgan fingerprint density at radius 3 is 2.65 bits per heavy atom. The Labute approximate surface area is 99.2 Å². The summed E-state index contributed by atoms with van der Waals surface area (Å²) < 4.78 is 39.4. The molecule has 0 amide bonds. The molecular formula is C9H6ClF3N2O2. The van der Waals surface area contributed by atoms with E-state index in [4.69, 9.17) is 16.9 Å². The highest BCUT2D eigenvalue weighted by molar-refractivity contribution is 6.17. The molecule has 0 atom stereocenters. The molecule has 0 radical (unpaired) electrons. The molecule has 0 saturated heterocycles. The summed E-state index contributed by atoms with van der Waals surface area (Å²) in [7, 11) is 0. The van der Waals surface area contributed by atoms with E-state index in [0.29, 0.717) is 0 Å². The zero-order valence-electron chi connectivity index (χ0n) is 8.25. The van der Waals surface area contributed by atoms with E-state index >= 15 is 0 Å². The van der Waals surface area contributed by atoms with Crippen molar-refractivity contribution in [2.45, 2.75) is 18.7 Å². The van der Waals surface area contributed by atoms with E-state index in [1.165, 1.54) is 0 Å². The van der Waals surface area contributed by atoms with Gasteiger partial charge in [-0.2, -0.15) is 5.26 Å². The molecule has 0 fully saturated rings. The molecule has 0 bridgehead atoms. The summed E-state index contributed by atoms with van der Waals surface area (Å²) in [6.45, 7) is 0. The van der Waals surface area contributed by atoms with Crippen molar-refractivity contribution in [3.05, 3.63) is 17.3 Å². The number of halogens is 4. The van der Waals surface area contributed by atoms with Crippen LogP contribution in [0.1, 0.15) is 11.3 Å². The summed E-state index contributed by atoms with van der Waals surface area (Å²) in [5, 5.41) is 17.7. The van der Waals surface area contributed by atoms with E-state index in [0.717, 1.165) is 6.07 Å². The second-order valence-electron chi connectivity index (χ2n) is 2.93. The molecular weight excluding hydrogens is 261 g/mol. The maximum absolute atomic E-state index is 12.0. The van der Waals surface area contributed by atoms with Gasteiger partial charge in [0.05, 0.1) is 18.2 Å². The lowest BCUT2D eigenvalue weighted by molar-refractivity contribution is -0.276. The van der Waals surface area contributed by atoms with Crippen LogP contribution in [0.2, 0.25) is 0 Å². The first kappa shape index (κ1) is 13.4. The second kappa shape index (κ2) is 5.10. The van der Waals surface area contributed by atoms with Crippen LogP contribution in [0.4, 0.5) is 13.2 Å². The van der Waals surface area contributed by atoms with E-state index in [1.54, 1.807) is 6.07 Å². The van der Waals surface area contributed by atoms with Crippen LogP contribution in [-0.4, -0.2) is 16.5 Å². The van der Waals surface area contributed by atoms with Crippen LogP contribution in [-0.2, 0) is 12.3 Å². The van der Waals surface area contributed by atoms with Crippen LogP contribution in [0.3, 0.4) is 0 Å². The minimum absolute atomic E-state index is 0.0413. The molecule has 0 aliphatic rings. The maximum Gasteiger partial charge on any atom is 0.574 e. The highest BCUT2D eigenvalue weighted by Gasteiger charge is 2.33. The Morgan fingerprint density at radius 2 is 2.18 bits per heavy atom. The number of alkyl halides is 4. The van der Waals surface area contributed by atoms with Crippen molar-refractivity contribution in [2.75, 3.05) is 0 Å². The van der Waals surface area contributed by atoms with Crippen LogP contribution in [0.25, 0.3) is 0 Å². The molecule has 17 heavy (non-hydrogen) atoms. The number of hydrogen-bond donors (Lipinski definition) is 1. The molecule has 1 N–H and O–H groups in total. The molecule has 1 aromatic heterocycles. The number of hydrogen-bond acceptors (Lipinski definition) is 4. The van der Waals surface area contributed by atoms with Gasteiger partial charge in [-0.05, 0) is 11.6 Å². The van der Waals surface area contributed by atoms with Crippen molar-refractivity contribution in [3.8, 4) is 17.7 Å². The predicted molar refractivity (Wildman–Crippen MR) is 51.5 cm³/mol. The first-order valence-corrected chi connectivity index (χ1v) is 4.81. The Hall–Kier alpha value is -1.68. The maximum atomic E-state index is 12.0. The summed E-state index contributed by atoms with van der Waals surface area (Å²) in [4.78, 5) is 3.42. The number of rotatable bonds is 3. The van der Waals surface area contributed by atoms with Crippen LogP contribution in [0, 0.1) is 11.3 Å². The van der Waals surface area contributed by atoms with Crippen molar-refractivity contribution >= 4 is 11.6 Å². The lowest BCUT2D eigenvalue weighted by Gasteiger charge is -2.11. The first-order valence-electron chi connectivity index (χ1n) is 4.27. The van der Waals surface area contributed by atoms with E-state index in [1.807, 2.05) is 0 Å². The van der Waals surface area contributed by atoms with E-state index in [-0.39, 0.29) is 23.6 Å². The smallest absolute Gasteiger partial charge is 0.503 e. The molecule has 1 heterocycles. The molecule has 0 spiro atoms. The van der Waals surface area contributed by atoms with Crippen LogP contribution in [0.5, 0.6) is 11.6 Å². The first-order chi connectivity index (χ1) is 7.87. The zero-order valence-corrected chi connectivity index (χ0v) is 9.01. The number of ether oxygens (including phenoxy) is 1. The van der Waals surface area contributed by atoms with Gasteiger partial charge in [-0.15, -0.1) is 24.8 Å². The topological polar surface area (TPSA) is 66.1 Å². The summed E-state index contributed by atoms with van der Waals surface area (Å²) in [6, 6.07) is 2.72. The van der Waals surface area contributed by atoms with Gasteiger partial charge in [0.25, 0.3) is 5.88 Å². The largest absolute Gasteiger partial charge is 0.574 e. The van der Waals surface area contributed by atoms with Crippen LogP contribution >= 0.6 is 11.6 Å². The Morgan fingerprint density at radius 1 is 1.53 bits per heavy atom. The second-order valence-corrected chi connectivity index (χ2v) is 3.20. The van der Waals surface area contributed by atoms with Gasteiger partial charge in [0.2, 0.25) is 0 Å².